The predicted molar refractivity (Wildman–Crippen MR) is 143 cm³/mol. The number of aromatic amines is 1. The topological polar surface area (TPSA) is 317 Å². The lowest BCUT2D eigenvalue weighted by Crippen LogP contribution is -2.61. The lowest BCUT2D eigenvalue weighted by molar-refractivity contribution is -0.145. The van der Waals surface area contributed by atoms with E-state index in [1.807, 2.05) is 0 Å². The second kappa shape index (κ2) is 14.2. The number of hydrogen-bond acceptors (Lipinski definition) is 13. The molecule has 0 aliphatic carbocycles. The van der Waals surface area contributed by atoms with Crippen molar-refractivity contribution in [2.75, 3.05) is 0 Å². The summed E-state index contributed by atoms with van der Waals surface area (Å²) >= 11 is 0. The van der Waals surface area contributed by atoms with Gasteiger partial charge < -0.3 is 56.7 Å². The number of nitrogens with one attached hydrogen (secondary N) is 3. The van der Waals surface area contributed by atoms with Crippen LogP contribution in [-0.4, -0.2) is 112 Å². The zero-order valence-electron chi connectivity index (χ0n) is 23.0. The van der Waals surface area contributed by atoms with Crippen LogP contribution >= 0.6 is 0 Å². The van der Waals surface area contributed by atoms with Gasteiger partial charge in [-0.1, -0.05) is 6.92 Å². The van der Waals surface area contributed by atoms with Crippen molar-refractivity contribution in [1.29, 1.82) is 0 Å². The van der Waals surface area contributed by atoms with E-state index in [1.165, 1.54) is 19.1 Å². The third-order valence-electron chi connectivity index (χ3n) is 7.05. The maximum Gasteiger partial charge on any atom is 0.328 e. The maximum atomic E-state index is 13.4. The molecule has 11 N–H and O–H groups in total. The van der Waals surface area contributed by atoms with Crippen molar-refractivity contribution in [3.8, 4) is 5.75 Å². The Bertz CT molecular complexity index is 1430. The van der Waals surface area contributed by atoms with E-state index in [2.05, 4.69) is 20.6 Å². The molecule has 19 heteroatoms. The van der Waals surface area contributed by atoms with Crippen LogP contribution in [-0.2, 0) is 23.9 Å². The molecular formula is C25H32N6O13. The van der Waals surface area contributed by atoms with Crippen molar-refractivity contribution in [2.24, 2.45) is 11.7 Å². The summed E-state index contributed by atoms with van der Waals surface area (Å²) in [6.45, 7) is 1.37. The highest BCUT2D eigenvalue weighted by atomic mass is 16.6. The summed E-state index contributed by atoms with van der Waals surface area (Å²) in [6.07, 6.45) is -7.77. The van der Waals surface area contributed by atoms with Gasteiger partial charge in [0.05, 0.1) is 23.6 Å². The molecule has 0 unspecified atom stereocenters. The molecule has 0 radical (unpaired) electrons. The number of amides is 2. The van der Waals surface area contributed by atoms with Crippen molar-refractivity contribution in [2.45, 2.75) is 68.5 Å². The summed E-state index contributed by atoms with van der Waals surface area (Å²) in [5.41, 5.74) is 4.95. The second-order valence-corrected chi connectivity index (χ2v) is 10.1. The third kappa shape index (κ3) is 7.63. The molecule has 0 spiro atoms. The van der Waals surface area contributed by atoms with Gasteiger partial charge in [-0.25, -0.2) is 9.59 Å². The number of aliphatic carboxylic acids is 2. The molecule has 0 saturated carbocycles. The summed E-state index contributed by atoms with van der Waals surface area (Å²) in [4.78, 5) is 78.7. The number of carbonyl (C=O) groups excluding carboxylic acids is 3. The fraction of sp³-hybridized carbons (Fsp3) is 0.480. The summed E-state index contributed by atoms with van der Waals surface area (Å²) in [7, 11) is 0. The van der Waals surface area contributed by atoms with Gasteiger partial charge in [0.2, 0.25) is 11.8 Å². The molecule has 44 heavy (non-hydrogen) atoms. The largest absolute Gasteiger partial charge is 0.506 e. The molecule has 1 saturated heterocycles. The molecule has 2 aromatic rings. The van der Waals surface area contributed by atoms with Gasteiger partial charge >= 0.3 is 17.6 Å². The Hall–Kier alpha value is -4.69. The van der Waals surface area contributed by atoms with Gasteiger partial charge in [-0.15, -0.1) is 0 Å². The number of aldehydes is 1. The number of nitrogens with zero attached hydrogens (tertiary/aromatic N) is 2. The van der Waals surface area contributed by atoms with E-state index in [0.29, 0.717) is 0 Å². The second-order valence-electron chi connectivity index (χ2n) is 10.1. The predicted octanol–water partition coefficient (Wildman–Crippen LogP) is -3.68. The van der Waals surface area contributed by atoms with Crippen LogP contribution in [0.5, 0.6) is 5.75 Å². The first-order valence-corrected chi connectivity index (χ1v) is 13.1. The quantitative estimate of drug-likeness (QED) is 0.0905. The van der Waals surface area contributed by atoms with E-state index in [4.69, 9.17) is 15.6 Å². The number of H-pyrrole nitrogens is 1. The van der Waals surface area contributed by atoms with Gasteiger partial charge in [-0.05, 0) is 18.6 Å². The van der Waals surface area contributed by atoms with E-state index in [9.17, 15) is 54.3 Å². The van der Waals surface area contributed by atoms with E-state index in [1.54, 1.807) is 0 Å². The number of nitrogens with two attached hydrogens (primary N) is 1. The molecule has 3 rings (SSSR count). The molecule has 19 nitrogen and oxygen atoms in total. The number of rotatable bonds is 14. The minimum absolute atomic E-state index is 0.0442. The Morgan fingerprint density at radius 3 is 2.39 bits per heavy atom. The van der Waals surface area contributed by atoms with Crippen LogP contribution in [0.2, 0.25) is 0 Å². The molecule has 240 valence electrons. The smallest absolute Gasteiger partial charge is 0.328 e. The summed E-state index contributed by atoms with van der Waals surface area (Å²) in [5, 5.41) is 64.3. The van der Waals surface area contributed by atoms with Crippen LogP contribution in [0.3, 0.4) is 0 Å². The van der Waals surface area contributed by atoms with Crippen molar-refractivity contribution in [3.05, 3.63) is 46.4 Å². The highest BCUT2D eigenvalue weighted by Crippen LogP contribution is 2.31. The normalized spacial score (nSPS) is 23.1. The first-order valence-electron chi connectivity index (χ1n) is 13.1. The molecule has 3 heterocycles. The zero-order chi connectivity index (χ0) is 32.9. The third-order valence-corrected chi connectivity index (χ3v) is 7.05. The Morgan fingerprint density at radius 1 is 1.16 bits per heavy atom. The van der Waals surface area contributed by atoms with Gasteiger partial charge in [0.25, 0.3) is 0 Å². The lowest BCUT2D eigenvalue weighted by Gasteiger charge is -2.30. The number of imidazole rings is 1. The number of ether oxygens (including phenoxy) is 1. The molecule has 0 bridgehead atoms. The average Bonchev–Trinajstić information content (AvgIpc) is 3.50. The molecule has 0 aromatic carbocycles. The van der Waals surface area contributed by atoms with Gasteiger partial charge in [0.1, 0.15) is 42.2 Å². The minimum Gasteiger partial charge on any atom is -0.506 e. The Morgan fingerprint density at radius 2 is 1.84 bits per heavy atom. The van der Waals surface area contributed by atoms with Crippen LogP contribution in [0.25, 0.3) is 0 Å². The molecule has 1 aliphatic rings. The fourth-order valence-corrected chi connectivity index (χ4v) is 4.48. The standard InChI is InChI=1S/C25H32N6O13/c1-9(17(36)12-3-2-11(33)6-27-12)15(26)21(39)30-16(22(40)29-13(24(41)42)4-5-14(34)35)20-18(37)19(38)23(44-20)31-7-10(8-32)28-25(31)43/h2-3,6-9,13,15-20,23,33,36-38H,4-5,26H2,1H3,(H,28,43)(H,29,40)(H,30,39)(H,34,35)(H,41,42)/t9-,13-,15-,16-,17-,18-,19+,20+,23+/m0/s1. The number of carboxylic acids is 2. The van der Waals surface area contributed by atoms with Crippen molar-refractivity contribution >= 4 is 30.0 Å². The molecular weight excluding hydrogens is 592 g/mol. The van der Waals surface area contributed by atoms with Crippen molar-refractivity contribution in [1.82, 2.24) is 25.2 Å². The monoisotopic (exact) mass is 624 g/mol. The highest BCUT2D eigenvalue weighted by molar-refractivity contribution is 5.92. The molecule has 1 aliphatic heterocycles. The minimum atomic E-state index is -1.99. The number of carbonyl (C=O) groups is 5. The Balaban J connectivity index is 1.90. The first-order chi connectivity index (χ1) is 20.7. The average molecular weight is 625 g/mol. The van der Waals surface area contributed by atoms with Crippen molar-refractivity contribution < 1.29 is 59.3 Å². The summed E-state index contributed by atoms with van der Waals surface area (Å²) < 4.78 is 6.31. The van der Waals surface area contributed by atoms with E-state index in [-0.39, 0.29) is 23.4 Å². The van der Waals surface area contributed by atoms with Gasteiger partial charge in [0, 0.05) is 18.5 Å². The zero-order valence-corrected chi connectivity index (χ0v) is 23.0. The van der Waals surface area contributed by atoms with Gasteiger partial charge in [-0.2, -0.15) is 0 Å². The van der Waals surface area contributed by atoms with Crippen LogP contribution in [0.1, 0.15) is 48.3 Å². The Kier molecular flexibility index (Phi) is 10.9. The fourth-order valence-electron chi connectivity index (χ4n) is 4.48. The molecule has 1 fully saturated rings. The highest BCUT2D eigenvalue weighted by Gasteiger charge is 2.51. The Labute approximate surface area is 247 Å². The maximum absolute atomic E-state index is 13.4. The van der Waals surface area contributed by atoms with Crippen LogP contribution < -0.4 is 22.1 Å². The number of hydrogen-bond donors (Lipinski definition) is 10. The summed E-state index contributed by atoms with van der Waals surface area (Å²) in [5.74, 6) is -6.64. The van der Waals surface area contributed by atoms with E-state index in [0.717, 1.165) is 17.0 Å². The van der Waals surface area contributed by atoms with Crippen LogP contribution in [0.15, 0.2) is 29.3 Å². The summed E-state index contributed by atoms with van der Waals surface area (Å²) in [6, 6.07) is -2.81. The number of aliphatic hydroxyl groups is 3. The number of aromatic hydroxyl groups is 1. The number of aromatic nitrogens is 3. The number of carboxylic acid groups (broad SMARTS) is 2. The lowest BCUT2D eigenvalue weighted by atomic mass is 9.92. The number of aliphatic hydroxyl groups excluding tert-OH is 3. The first kappa shape index (κ1) is 33.8. The number of pyridine rings is 1. The van der Waals surface area contributed by atoms with Crippen LogP contribution in [0.4, 0.5) is 0 Å². The van der Waals surface area contributed by atoms with E-state index >= 15 is 0 Å². The molecule has 2 amide bonds. The molecule has 9 atom stereocenters. The van der Waals surface area contributed by atoms with Gasteiger partial charge in [-0.3, -0.25) is 28.7 Å². The van der Waals surface area contributed by atoms with Crippen LogP contribution in [0, 0.1) is 5.92 Å². The van der Waals surface area contributed by atoms with E-state index < -0.39 is 97.0 Å². The van der Waals surface area contributed by atoms with Crippen molar-refractivity contribution in [3.63, 3.8) is 0 Å². The molecule has 2 aromatic heterocycles. The van der Waals surface area contributed by atoms with Gasteiger partial charge in [0.15, 0.2) is 12.5 Å². The SMILES string of the molecule is C[C@@H]([C@H](N)C(=O)N[C@H](C(=O)N[C@@H](CCC(=O)O)C(=O)O)[C@H]1O[C@@H](n2cc(C=O)[nH]c2=O)[C@H](O)[C@@H]1O)[C@H](O)c1ccc(O)cn1.